The van der Waals surface area contributed by atoms with Crippen molar-refractivity contribution in [1.29, 1.82) is 0 Å². The molecule has 1 N–H and O–H groups in total. The van der Waals surface area contributed by atoms with Gasteiger partial charge in [-0.2, -0.15) is 13.2 Å². The Balaban J connectivity index is 1.74. The van der Waals surface area contributed by atoms with E-state index in [2.05, 4.69) is 5.32 Å². The van der Waals surface area contributed by atoms with Crippen LogP contribution in [0.1, 0.15) is 50.8 Å². The number of amides is 2. The third-order valence-corrected chi connectivity index (χ3v) is 5.57. The van der Waals surface area contributed by atoms with Gasteiger partial charge < -0.3 is 10.2 Å². The predicted molar refractivity (Wildman–Crippen MR) is 127 cm³/mol. The topological polar surface area (TPSA) is 49.4 Å². The van der Waals surface area contributed by atoms with Gasteiger partial charge in [-0.1, -0.05) is 43.3 Å². The first-order valence-electron chi connectivity index (χ1n) is 11.1. The minimum Gasteiger partial charge on any atom is -0.352 e. The molecule has 178 valence electrons. The van der Waals surface area contributed by atoms with Gasteiger partial charge in [0.25, 0.3) is 11.8 Å². The number of carbonyl (C=O) groups excluding carboxylic acids is 2. The lowest BCUT2D eigenvalue weighted by Crippen LogP contribution is -2.35. The minimum atomic E-state index is -4.52. The van der Waals surface area contributed by atoms with Gasteiger partial charge in [0, 0.05) is 29.9 Å². The number of alkyl halides is 3. The van der Waals surface area contributed by atoms with Crippen molar-refractivity contribution in [2.24, 2.45) is 0 Å². The fourth-order valence-corrected chi connectivity index (χ4v) is 3.59. The zero-order valence-corrected chi connectivity index (χ0v) is 19.2. The van der Waals surface area contributed by atoms with Gasteiger partial charge in [-0.15, -0.1) is 0 Å². The fraction of sp³-hybridized carbons (Fsp3) is 0.259. The summed E-state index contributed by atoms with van der Waals surface area (Å²) in [6.07, 6.45) is -3.27. The van der Waals surface area contributed by atoms with E-state index in [0.717, 1.165) is 29.7 Å². The second kappa shape index (κ2) is 11.0. The van der Waals surface area contributed by atoms with Gasteiger partial charge in [0.05, 0.1) is 5.56 Å². The van der Waals surface area contributed by atoms with Crippen LogP contribution in [0.2, 0.25) is 0 Å². The van der Waals surface area contributed by atoms with Gasteiger partial charge >= 0.3 is 6.18 Å². The SMILES string of the molecule is CCc1ccc(C(=O)NCCCN(C(=O)c2ccccc2C)c2cccc(C(F)(F)F)c2)cc1. The zero-order valence-electron chi connectivity index (χ0n) is 19.2. The van der Waals surface area contributed by atoms with Crippen LogP contribution in [-0.2, 0) is 12.6 Å². The quantitative estimate of drug-likeness (QED) is 0.410. The number of nitrogens with zero attached hydrogens (tertiary/aromatic N) is 1. The van der Waals surface area contributed by atoms with E-state index >= 15 is 0 Å². The van der Waals surface area contributed by atoms with E-state index in [1.165, 1.54) is 17.0 Å². The molecule has 4 nitrogen and oxygen atoms in total. The van der Waals surface area contributed by atoms with E-state index in [4.69, 9.17) is 0 Å². The summed E-state index contributed by atoms with van der Waals surface area (Å²) in [6.45, 7) is 4.22. The first kappa shape index (κ1) is 25.0. The Hall–Kier alpha value is -3.61. The average molecular weight is 469 g/mol. The number of hydrogen-bond acceptors (Lipinski definition) is 2. The Labute approximate surface area is 197 Å². The fourth-order valence-electron chi connectivity index (χ4n) is 3.59. The molecular formula is C27H27F3N2O2. The second-order valence-corrected chi connectivity index (χ2v) is 7.98. The van der Waals surface area contributed by atoms with Crippen LogP contribution in [0.3, 0.4) is 0 Å². The van der Waals surface area contributed by atoms with E-state index in [1.807, 2.05) is 19.1 Å². The van der Waals surface area contributed by atoms with Crippen molar-refractivity contribution in [3.05, 3.63) is 101 Å². The molecule has 0 fully saturated rings. The number of nitrogens with one attached hydrogen (secondary N) is 1. The first-order chi connectivity index (χ1) is 16.2. The van der Waals surface area contributed by atoms with Crippen molar-refractivity contribution in [3.63, 3.8) is 0 Å². The molecule has 0 aliphatic carbocycles. The Morgan fingerprint density at radius 1 is 0.941 bits per heavy atom. The molecule has 0 radical (unpaired) electrons. The van der Waals surface area contributed by atoms with Crippen LogP contribution in [-0.4, -0.2) is 24.9 Å². The van der Waals surface area contributed by atoms with Crippen molar-refractivity contribution >= 4 is 17.5 Å². The van der Waals surface area contributed by atoms with Crippen LogP contribution >= 0.6 is 0 Å². The standard InChI is InChI=1S/C27H27F3N2O2/c1-3-20-12-14-21(15-13-20)25(33)31-16-7-17-32(26(34)24-11-5-4-8-19(24)2)23-10-6-9-22(18-23)27(28,29)30/h4-6,8-15,18H,3,7,16-17H2,1-2H3,(H,31,33). The lowest BCUT2D eigenvalue weighted by Gasteiger charge is -2.25. The van der Waals surface area contributed by atoms with Gasteiger partial charge in [-0.3, -0.25) is 9.59 Å². The summed E-state index contributed by atoms with van der Waals surface area (Å²) in [6, 6.07) is 19.0. The first-order valence-corrected chi connectivity index (χ1v) is 11.1. The maximum atomic E-state index is 13.3. The molecule has 34 heavy (non-hydrogen) atoms. The molecule has 3 aromatic rings. The summed E-state index contributed by atoms with van der Waals surface area (Å²) < 4.78 is 39.8. The summed E-state index contributed by atoms with van der Waals surface area (Å²) in [5, 5.41) is 2.81. The average Bonchev–Trinajstić information content (AvgIpc) is 2.83. The van der Waals surface area contributed by atoms with Crippen molar-refractivity contribution in [2.45, 2.75) is 32.9 Å². The lowest BCUT2D eigenvalue weighted by molar-refractivity contribution is -0.137. The highest BCUT2D eigenvalue weighted by molar-refractivity contribution is 6.07. The molecule has 7 heteroatoms. The van der Waals surface area contributed by atoms with E-state index in [1.54, 1.807) is 43.3 Å². The van der Waals surface area contributed by atoms with Gasteiger partial charge in [0.2, 0.25) is 0 Å². The minimum absolute atomic E-state index is 0.142. The summed E-state index contributed by atoms with van der Waals surface area (Å²) in [7, 11) is 0. The molecule has 0 aliphatic rings. The number of halogens is 3. The normalized spacial score (nSPS) is 11.2. The Morgan fingerprint density at radius 2 is 1.65 bits per heavy atom. The highest BCUT2D eigenvalue weighted by Gasteiger charge is 2.31. The molecule has 0 spiro atoms. The van der Waals surface area contributed by atoms with Crippen molar-refractivity contribution in [3.8, 4) is 0 Å². The van der Waals surface area contributed by atoms with Gasteiger partial charge in [-0.25, -0.2) is 0 Å². The van der Waals surface area contributed by atoms with Crippen molar-refractivity contribution < 1.29 is 22.8 Å². The summed E-state index contributed by atoms with van der Waals surface area (Å²) in [4.78, 5) is 27.0. The van der Waals surface area contributed by atoms with Crippen LogP contribution in [0.4, 0.5) is 18.9 Å². The van der Waals surface area contributed by atoms with Crippen molar-refractivity contribution in [2.75, 3.05) is 18.0 Å². The predicted octanol–water partition coefficient (Wildman–Crippen LogP) is 6.04. The highest BCUT2D eigenvalue weighted by Crippen LogP contribution is 2.32. The van der Waals surface area contributed by atoms with Crippen molar-refractivity contribution in [1.82, 2.24) is 5.32 Å². The highest BCUT2D eigenvalue weighted by atomic mass is 19.4. The molecule has 0 saturated heterocycles. The summed E-state index contributed by atoms with van der Waals surface area (Å²) >= 11 is 0. The molecule has 3 aromatic carbocycles. The number of hydrogen-bond donors (Lipinski definition) is 1. The number of carbonyl (C=O) groups is 2. The molecule has 0 unspecified atom stereocenters. The summed E-state index contributed by atoms with van der Waals surface area (Å²) in [5.74, 6) is -0.627. The van der Waals surface area contributed by atoms with Crippen LogP contribution in [0.25, 0.3) is 0 Å². The maximum Gasteiger partial charge on any atom is 0.416 e. The lowest BCUT2D eigenvalue weighted by atomic mass is 10.1. The molecule has 3 rings (SSSR count). The molecule has 0 aliphatic heterocycles. The monoisotopic (exact) mass is 468 g/mol. The molecule has 0 atom stereocenters. The zero-order chi connectivity index (χ0) is 24.7. The Bertz CT molecular complexity index is 1140. The summed E-state index contributed by atoms with van der Waals surface area (Å²) in [5.41, 5.74) is 2.14. The third kappa shape index (κ3) is 6.25. The smallest absolute Gasteiger partial charge is 0.352 e. The Morgan fingerprint density at radius 3 is 2.29 bits per heavy atom. The largest absolute Gasteiger partial charge is 0.416 e. The molecular weight excluding hydrogens is 441 g/mol. The van der Waals surface area contributed by atoms with E-state index in [0.29, 0.717) is 17.5 Å². The van der Waals surface area contributed by atoms with Gasteiger partial charge in [0.15, 0.2) is 0 Å². The number of benzene rings is 3. The molecule has 0 aromatic heterocycles. The number of rotatable bonds is 8. The van der Waals surface area contributed by atoms with Crippen LogP contribution in [0, 0.1) is 6.92 Å². The maximum absolute atomic E-state index is 13.3. The molecule has 2 amide bonds. The second-order valence-electron chi connectivity index (χ2n) is 7.98. The van der Waals surface area contributed by atoms with Gasteiger partial charge in [-0.05, 0) is 67.3 Å². The molecule has 0 saturated carbocycles. The molecule has 0 bridgehead atoms. The van der Waals surface area contributed by atoms with Crippen LogP contribution in [0.15, 0.2) is 72.8 Å². The van der Waals surface area contributed by atoms with Crippen LogP contribution in [0.5, 0.6) is 0 Å². The Kier molecular flexibility index (Phi) is 8.10. The van der Waals surface area contributed by atoms with E-state index in [-0.39, 0.29) is 30.6 Å². The molecule has 0 heterocycles. The van der Waals surface area contributed by atoms with E-state index in [9.17, 15) is 22.8 Å². The van der Waals surface area contributed by atoms with E-state index < -0.39 is 11.7 Å². The van der Waals surface area contributed by atoms with Crippen LogP contribution < -0.4 is 10.2 Å². The third-order valence-electron chi connectivity index (χ3n) is 5.57. The van der Waals surface area contributed by atoms with Gasteiger partial charge in [0.1, 0.15) is 0 Å². The number of aryl methyl sites for hydroxylation is 2. The number of anilines is 1.